The molecule has 1 aromatic carbocycles. The molecule has 1 aromatic heterocycles. The fraction of sp³-hybridized carbons (Fsp3) is 0.545. The van der Waals surface area contributed by atoms with Crippen LogP contribution in [-0.2, 0) is 4.79 Å². The summed E-state index contributed by atoms with van der Waals surface area (Å²) in [4.78, 5) is 32.5. The molecule has 0 saturated carbocycles. The Balaban J connectivity index is 1.54. The number of ether oxygens (including phenoxy) is 1. The lowest BCUT2D eigenvalue weighted by molar-refractivity contribution is -0.126. The highest BCUT2D eigenvalue weighted by Crippen LogP contribution is 2.27. The summed E-state index contributed by atoms with van der Waals surface area (Å²) in [6.07, 6.45) is 1.70. The van der Waals surface area contributed by atoms with Gasteiger partial charge in [-0.2, -0.15) is 0 Å². The molecule has 1 saturated heterocycles. The summed E-state index contributed by atoms with van der Waals surface area (Å²) in [5, 5.41) is 4.01. The average molecular weight is 401 g/mol. The van der Waals surface area contributed by atoms with Crippen molar-refractivity contribution in [2.45, 2.75) is 19.8 Å². The Morgan fingerprint density at radius 2 is 2.00 bits per heavy atom. The normalized spacial score (nSPS) is 16.2. The Bertz CT molecular complexity index is 853. The Labute approximate surface area is 172 Å². The third kappa shape index (κ3) is 5.09. The Morgan fingerprint density at radius 3 is 2.66 bits per heavy atom. The van der Waals surface area contributed by atoms with Gasteiger partial charge in [-0.1, -0.05) is 6.92 Å². The summed E-state index contributed by atoms with van der Waals surface area (Å²) in [6.45, 7) is 4.85. The third-order valence-corrected chi connectivity index (χ3v) is 5.87. The molecule has 158 valence electrons. The average Bonchev–Trinajstić information content (AvgIpc) is 3.15. The minimum atomic E-state index is -0.0324. The lowest BCUT2D eigenvalue weighted by Gasteiger charge is -2.34. The van der Waals surface area contributed by atoms with Crippen LogP contribution in [0.3, 0.4) is 0 Å². The molecule has 7 nitrogen and oxygen atoms in total. The number of rotatable bonds is 7. The van der Waals surface area contributed by atoms with Crippen molar-refractivity contribution < 1.29 is 14.3 Å². The second kappa shape index (κ2) is 9.31. The van der Waals surface area contributed by atoms with Gasteiger partial charge in [-0.15, -0.1) is 0 Å². The van der Waals surface area contributed by atoms with Crippen molar-refractivity contribution >= 4 is 22.7 Å². The van der Waals surface area contributed by atoms with E-state index in [2.05, 4.69) is 15.2 Å². The van der Waals surface area contributed by atoms with Gasteiger partial charge < -0.3 is 24.8 Å². The zero-order valence-electron chi connectivity index (χ0n) is 17.8. The quantitative estimate of drug-likeness (QED) is 0.748. The smallest absolute Gasteiger partial charge is 0.270 e. The Hall–Kier alpha value is -2.54. The number of nitrogens with zero attached hydrogens (tertiary/aromatic N) is 2. The van der Waals surface area contributed by atoms with Gasteiger partial charge in [0.15, 0.2) is 0 Å². The topological polar surface area (TPSA) is 77.7 Å². The van der Waals surface area contributed by atoms with Crippen LogP contribution in [0.2, 0.25) is 0 Å². The maximum absolute atomic E-state index is 12.9. The number of carbonyl (C=O) groups excluding carboxylic acids is 2. The summed E-state index contributed by atoms with van der Waals surface area (Å²) >= 11 is 0. The van der Waals surface area contributed by atoms with E-state index in [0.717, 1.165) is 36.0 Å². The predicted molar refractivity (Wildman–Crippen MR) is 114 cm³/mol. The molecule has 1 aliphatic heterocycles. The molecule has 2 amide bonds. The van der Waals surface area contributed by atoms with E-state index in [9.17, 15) is 9.59 Å². The molecule has 29 heavy (non-hydrogen) atoms. The molecule has 0 bridgehead atoms. The minimum absolute atomic E-state index is 0.0155. The van der Waals surface area contributed by atoms with E-state index in [0.29, 0.717) is 31.2 Å². The first-order valence-corrected chi connectivity index (χ1v) is 10.3. The Kier molecular flexibility index (Phi) is 6.79. The van der Waals surface area contributed by atoms with Crippen molar-refractivity contribution in [1.82, 2.24) is 20.1 Å². The van der Waals surface area contributed by atoms with Crippen LogP contribution in [-0.4, -0.2) is 74.0 Å². The number of hydrogen-bond donors (Lipinski definition) is 2. The summed E-state index contributed by atoms with van der Waals surface area (Å²) < 4.78 is 5.25. The predicted octanol–water partition coefficient (Wildman–Crippen LogP) is 2.34. The highest BCUT2D eigenvalue weighted by Gasteiger charge is 2.30. The molecular formula is C22H32N4O3. The van der Waals surface area contributed by atoms with Crippen LogP contribution in [0.5, 0.6) is 5.75 Å². The fourth-order valence-corrected chi connectivity index (χ4v) is 3.90. The third-order valence-electron chi connectivity index (χ3n) is 5.87. The van der Waals surface area contributed by atoms with E-state index in [-0.39, 0.29) is 17.7 Å². The number of H-pyrrole nitrogens is 1. The van der Waals surface area contributed by atoms with E-state index in [1.807, 2.05) is 50.2 Å². The van der Waals surface area contributed by atoms with Gasteiger partial charge >= 0.3 is 0 Å². The van der Waals surface area contributed by atoms with E-state index < -0.39 is 0 Å². The zero-order chi connectivity index (χ0) is 21.0. The van der Waals surface area contributed by atoms with Crippen LogP contribution in [0.25, 0.3) is 10.9 Å². The number of aromatic nitrogens is 1. The molecule has 1 aliphatic rings. The minimum Gasteiger partial charge on any atom is -0.497 e. The molecule has 2 N–H and O–H groups in total. The van der Waals surface area contributed by atoms with Crippen molar-refractivity contribution in [2.75, 3.05) is 47.4 Å². The van der Waals surface area contributed by atoms with E-state index in [1.54, 1.807) is 7.11 Å². The van der Waals surface area contributed by atoms with Crippen molar-refractivity contribution in [3.8, 4) is 5.75 Å². The first-order chi connectivity index (χ1) is 13.9. The number of fused-ring (bicyclic) bond motifs is 1. The van der Waals surface area contributed by atoms with Crippen molar-refractivity contribution in [3.05, 3.63) is 30.0 Å². The summed E-state index contributed by atoms with van der Waals surface area (Å²) in [6, 6.07) is 7.63. The largest absolute Gasteiger partial charge is 0.497 e. The molecule has 7 heteroatoms. The number of aromatic amines is 1. The molecule has 0 spiro atoms. The van der Waals surface area contributed by atoms with Gasteiger partial charge in [0.2, 0.25) is 5.91 Å². The van der Waals surface area contributed by atoms with Crippen LogP contribution < -0.4 is 10.1 Å². The van der Waals surface area contributed by atoms with Gasteiger partial charge in [0.25, 0.3) is 5.91 Å². The fourth-order valence-electron chi connectivity index (χ4n) is 3.90. The van der Waals surface area contributed by atoms with Crippen LogP contribution in [0, 0.1) is 11.8 Å². The highest BCUT2D eigenvalue weighted by molar-refractivity contribution is 5.98. The molecular weight excluding hydrogens is 368 g/mol. The summed E-state index contributed by atoms with van der Waals surface area (Å²) in [7, 11) is 5.61. The molecule has 0 aliphatic carbocycles. The summed E-state index contributed by atoms with van der Waals surface area (Å²) in [5.41, 5.74) is 1.49. The number of nitrogens with one attached hydrogen (secondary N) is 2. The number of hydrogen-bond acceptors (Lipinski definition) is 4. The van der Waals surface area contributed by atoms with Gasteiger partial charge in [-0.3, -0.25) is 9.59 Å². The standard InChI is InChI=1S/C22H32N4O3/c1-15(21(27)23-9-12-25(2)3)16-7-10-26(11-8-16)22(28)20-13-17-5-6-18(29-4)14-19(17)24-20/h5-6,13-16,24H,7-12H2,1-4H3,(H,23,27)/t15-/m1/s1. The first kappa shape index (κ1) is 21.2. The van der Waals surface area contributed by atoms with E-state index in [1.165, 1.54) is 0 Å². The maximum atomic E-state index is 12.9. The van der Waals surface area contributed by atoms with Crippen LogP contribution in [0.4, 0.5) is 0 Å². The van der Waals surface area contributed by atoms with E-state index in [4.69, 9.17) is 4.74 Å². The van der Waals surface area contributed by atoms with Crippen molar-refractivity contribution in [2.24, 2.45) is 11.8 Å². The SMILES string of the molecule is COc1ccc2cc(C(=O)N3CCC([C@@H](C)C(=O)NCCN(C)C)CC3)[nH]c2c1. The second-order valence-electron chi connectivity index (χ2n) is 8.15. The van der Waals surface area contributed by atoms with Gasteiger partial charge in [-0.25, -0.2) is 0 Å². The number of benzene rings is 1. The molecule has 0 unspecified atom stereocenters. The zero-order valence-corrected chi connectivity index (χ0v) is 17.8. The lowest BCUT2D eigenvalue weighted by atomic mass is 9.84. The highest BCUT2D eigenvalue weighted by atomic mass is 16.5. The molecule has 0 radical (unpaired) electrons. The first-order valence-electron chi connectivity index (χ1n) is 10.3. The van der Waals surface area contributed by atoms with Gasteiger partial charge in [-0.05, 0) is 51.1 Å². The number of carbonyl (C=O) groups is 2. The van der Waals surface area contributed by atoms with Crippen LogP contribution in [0.15, 0.2) is 24.3 Å². The molecule has 2 heterocycles. The van der Waals surface area contributed by atoms with Crippen LogP contribution in [0.1, 0.15) is 30.3 Å². The van der Waals surface area contributed by atoms with Crippen LogP contribution >= 0.6 is 0 Å². The molecule has 3 rings (SSSR count). The number of likely N-dealkylation sites (N-methyl/N-ethyl adjacent to an activating group) is 1. The summed E-state index contributed by atoms with van der Waals surface area (Å²) in [5.74, 6) is 1.17. The second-order valence-corrected chi connectivity index (χ2v) is 8.15. The number of methoxy groups -OCH3 is 1. The monoisotopic (exact) mass is 400 g/mol. The molecule has 1 fully saturated rings. The van der Waals surface area contributed by atoms with Gasteiger partial charge in [0.1, 0.15) is 11.4 Å². The molecule has 2 aromatic rings. The number of amides is 2. The van der Waals surface area contributed by atoms with E-state index >= 15 is 0 Å². The van der Waals surface area contributed by atoms with Crippen molar-refractivity contribution in [3.63, 3.8) is 0 Å². The van der Waals surface area contributed by atoms with Gasteiger partial charge in [0.05, 0.1) is 7.11 Å². The number of likely N-dealkylation sites (tertiary alicyclic amines) is 1. The number of piperidine rings is 1. The Morgan fingerprint density at radius 1 is 1.28 bits per heavy atom. The molecule has 1 atom stereocenters. The van der Waals surface area contributed by atoms with Gasteiger partial charge in [0, 0.05) is 49.1 Å². The van der Waals surface area contributed by atoms with Crippen molar-refractivity contribution in [1.29, 1.82) is 0 Å². The lowest BCUT2D eigenvalue weighted by Crippen LogP contribution is -2.43. The maximum Gasteiger partial charge on any atom is 0.270 e.